The number of aliphatic imine (C=N–C) groups is 1. The lowest BCUT2D eigenvalue weighted by atomic mass is 9.69. The van der Waals surface area contributed by atoms with Gasteiger partial charge in [0.2, 0.25) is 0 Å². The Labute approximate surface area is 181 Å². The van der Waals surface area contributed by atoms with Crippen LogP contribution in [0.15, 0.2) is 29.3 Å². The lowest BCUT2D eigenvalue weighted by Crippen LogP contribution is -2.51. The number of likely N-dealkylation sites (tertiary alicyclic amines) is 1. The molecule has 168 valence electrons. The van der Waals surface area contributed by atoms with Crippen LogP contribution in [0.4, 0.5) is 4.39 Å². The predicted molar refractivity (Wildman–Crippen MR) is 120 cm³/mol. The lowest BCUT2D eigenvalue weighted by Gasteiger charge is -2.40. The van der Waals surface area contributed by atoms with Gasteiger partial charge in [-0.05, 0) is 49.8 Å². The first-order valence-corrected chi connectivity index (χ1v) is 11.5. The predicted octanol–water partition coefficient (Wildman–Crippen LogP) is 4.12. The number of halogens is 1. The minimum atomic E-state index is -0.144. The van der Waals surface area contributed by atoms with Crippen molar-refractivity contribution in [3.8, 4) is 0 Å². The molecule has 1 saturated heterocycles. The number of methoxy groups -OCH3 is 1. The maximum absolute atomic E-state index is 13.9. The number of nitrogens with one attached hydrogen (secondary N) is 1. The van der Waals surface area contributed by atoms with E-state index in [1.165, 1.54) is 25.3 Å². The van der Waals surface area contributed by atoms with Crippen molar-refractivity contribution in [2.75, 3.05) is 47.0 Å². The van der Waals surface area contributed by atoms with Gasteiger partial charge in [0.05, 0.1) is 6.10 Å². The molecule has 2 fully saturated rings. The van der Waals surface area contributed by atoms with Gasteiger partial charge in [-0.1, -0.05) is 31.4 Å². The molecule has 30 heavy (non-hydrogen) atoms. The minimum Gasteiger partial charge on any atom is -0.385 e. The third-order valence-corrected chi connectivity index (χ3v) is 6.63. The highest BCUT2D eigenvalue weighted by atomic mass is 19.1. The van der Waals surface area contributed by atoms with Gasteiger partial charge in [-0.2, -0.15) is 0 Å². The Kier molecular flexibility index (Phi) is 8.94. The molecule has 1 aromatic carbocycles. The maximum Gasteiger partial charge on any atom is 0.193 e. The Morgan fingerprint density at radius 2 is 1.97 bits per heavy atom. The van der Waals surface area contributed by atoms with Crippen molar-refractivity contribution in [1.82, 2.24) is 10.2 Å². The third-order valence-electron chi connectivity index (χ3n) is 6.63. The third kappa shape index (κ3) is 6.17. The zero-order chi connectivity index (χ0) is 21.2. The van der Waals surface area contributed by atoms with E-state index in [-0.39, 0.29) is 11.2 Å². The molecule has 1 aromatic rings. The van der Waals surface area contributed by atoms with Gasteiger partial charge in [0, 0.05) is 52.4 Å². The molecular weight excluding hydrogens is 381 g/mol. The van der Waals surface area contributed by atoms with Crippen molar-refractivity contribution < 1.29 is 13.9 Å². The van der Waals surface area contributed by atoms with Crippen LogP contribution in [0.2, 0.25) is 0 Å². The Balaban J connectivity index is 1.55. The summed E-state index contributed by atoms with van der Waals surface area (Å²) >= 11 is 0. The highest BCUT2D eigenvalue weighted by Crippen LogP contribution is 2.39. The minimum absolute atomic E-state index is 0.0148. The summed E-state index contributed by atoms with van der Waals surface area (Å²) in [5, 5.41) is 3.64. The highest BCUT2D eigenvalue weighted by molar-refractivity contribution is 5.80. The van der Waals surface area contributed by atoms with Crippen molar-refractivity contribution in [1.29, 1.82) is 0 Å². The van der Waals surface area contributed by atoms with Crippen molar-refractivity contribution in [2.24, 2.45) is 4.99 Å². The fourth-order valence-corrected chi connectivity index (χ4v) is 4.88. The van der Waals surface area contributed by atoms with E-state index in [0.29, 0.717) is 6.10 Å². The molecule has 2 aliphatic rings. The summed E-state index contributed by atoms with van der Waals surface area (Å²) in [7, 11) is 3.58. The van der Waals surface area contributed by atoms with E-state index in [1.54, 1.807) is 13.2 Å². The summed E-state index contributed by atoms with van der Waals surface area (Å²) in [6.45, 7) is 4.21. The standard InChI is InChI=1S/C24H38FN3O2/c1-26-23(28-14-10-22(11-15-28)30-17-7-16-29-2)27-19-24(12-4-3-5-13-24)20-8-6-9-21(25)18-20/h6,8-9,18,22H,3-5,7,10-17,19H2,1-2H3,(H,26,27). The molecule has 5 nitrogen and oxygen atoms in total. The first-order chi connectivity index (χ1) is 14.7. The first kappa shape index (κ1) is 23.0. The number of guanidine groups is 1. The number of piperidine rings is 1. The van der Waals surface area contributed by atoms with Crippen LogP contribution < -0.4 is 5.32 Å². The molecule has 0 amide bonds. The van der Waals surface area contributed by atoms with Crippen LogP contribution >= 0.6 is 0 Å². The largest absolute Gasteiger partial charge is 0.385 e. The molecule has 0 atom stereocenters. The van der Waals surface area contributed by atoms with Crippen molar-refractivity contribution in [3.05, 3.63) is 35.6 Å². The Bertz CT molecular complexity index is 668. The Morgan fingerprint density at radius 3 is 2.63 bits per heavy atom. The molecule has 1 saturated carbocycles. The molecule has 1 aliphatic heterocycles. The summed E-state index contributed by atoms with van der Waals surface area (Å²) < 4.78 is 25.0. The zero-order valence-corrected chi connectivity index (χ0v) is 18.7. The number of benzene rings is 1. The average Bonchev–Trinajstić information content (AvgIpc) is 2.79. The zero-order valence-electron chi connectivity index (χ0n) is 18.7. The van der Waals surface area contributed by atoms with Crippen molar-refractivity contribution in [2.45, 2.75) is 62.9 Å². The molecule has 1 N–H and O–H groups in total. The smallest absolute Gasteiger partial charge is 0.193 e. The lowest BCUT2D eigenvalue weighted by molar-refractivity contribution is 0.00985. The van der Waals surface area contributed by atoms with Gasteiger partial charge in [-0.3, -0.25) is 4.99 Å². The number of ether oxygens (including phenoxy) is 2. The van der Waals surface area contributed by atoms with E-state index in [1.807, 2.05) is 13.1 Å². The quantitative estimate of drug-likeness (QED) is 0.391. The average molecular weight is 420 g/mol. The molecular formula is C24H38FN3O2. The van der Waals surface area contributed by atoms with Crippen LogP contribution in [-0.2, 0) is 14.9 Å². The number of hydrogen-bond acceptors (Lipinski definition) is 3. The van der Waals surface area contributed by atoms with Gasteiger partial charge in [0.15, 0.2) is 5.96 Å². The summed E-state index contributed by atoms with van der Waals surface area (Å²) in [6, 6.07) is 7.19. The summed E-state index contributed by atoms with van der Waals surface area (Å²) in [6.07, 6.45) is 9.16. The van der Waals surface area contributed by atoms with Crippen LogP contribution in [0.25, 0.3) is 0 Å². The SMILES string of the molecule is CN=C(NCC1(c2cccc(F)c2)CCCCC1)N1CCC(OCCCOC)CC1. The molecule has 1 heterocycles. The van der Waals surface area contributed by atoms with E-state index < -0.39 is 0 Å². The van der Waals surface area contributed by atoms with Crippen LogP contribution in [0, 0.1) is 5.82 Å². The van der Waals surface area contributed by atoms with Crippen molar-refractivity contribution in [3.63, 3.8) is 0 Å². The monoisotopic (exact) mass is 419 g/mol. The fourth-order valence-electron chi connectivity index (χ4n) is 4.88. The normalized spacial score (nSPS) is 20.4. The van der Waals surface area contributed by atoms with E-state index >= 15 is 0 Å². The highest BCUT2D eigenvalue weighted by Gasteiger charge is 2.35. The molecule has 0 unspecified atom stereocenters. The number of rotatable bonds is 8. The van der Waals surface area contributed by atoms with Gasteiger partial charge < -0.3 is 19.7 Å². The number of hydrogen-bond donors (Lipinski definition) is 1. The van der Waals surface area contributed by atoms with Gasteiger partial charge in [-0.15, -0.1) is 0 Å². The molecule has 3 rings (SSSR count). The van der Waals surface area contributed by atoms with Gasteiger partial charge >= 0.3 is 0 Å². The Hall–Kier alpha value is -1.66. The maximum atomic E-state index is 13.9. The van der Waals surface area contributed by atoms with E-state index in [4.69, 9.17) is 9.47 Å². The summed E-state index contributed by atoms with van der Waals surface area (Å²) in [5.74, 6) is 0.809. The van der Waals surface area contributed by atoms with Crippen LogP contribution in [0.3, 0.4) is 0 Å². The van der Waals surface area contributed by atoms with Crippen LogP contribution in [0.5, 0.6) is 0 Å². The summed E-state index contributed by atoms with van der Waals surface area (Å²) in [5.41, 5.74) is 1.10. The molecule has 0 radical (unpaired) electrons. The summed E-state index contributed by atoms with van der Waals surface area (Å²) in [4.78, 5) is 6.88. The topological polar surface area (TPSA) is 46.1 Å². The van der Waals surface area contributed by atoms with Crippen LogP contribution in [-0.4, -0.2) is 64.0 Å². The number of nitrogens with zero attached hydrogens (tertiary/aromatic N) is 2. The Morgan fingerprint density at radius 1 is 1.20 bits per heavy atom. The molecule has 1 aliphatic carbocycles. The van der Waals surface area contributed by atoms with E-state index in [0.717, 1.165) is 76.5 Å². The molecule has 0 aromatic heterocycles. The second kappa shape index (κ2) is 11.7. The van der Waals surface area contributed by atoms with Crippen LogP contribution in [0.1, 0.15) is 56.9 Å². The molecule has 6 heteroatoms. The van der Waals surface area contributed by atoms with E-state index in [9.17, 15) is 4.39 Å². The van der Waals surface area contributed by atoms with E-state index in [2.05, 4.69) is 21.3 Å². The van der Waals surface area contributed by atoms with Gasteiger partial charge in [0.25, 0.3) is 0 Å². The molecule has 0 spiro atoms. The first-order valence-electron chi connectivity index (χ1n) is 11.5. The van der Waals surface area contributed by atoms with Gasteiger partial charge in [-0.25, -0.2) is 4.39 Å². The fraction of sp³-hybridized carbons (Fsp3) is 0.708. The van der Waals surface area contributed by atoms with Crippen molar-refractivity contribution >= 4 is 5.96 Å². The van der Waals surface area contributed by atoms with Gasteiger partial charge in [0.1, 0.15) is 5.82 Å². The molecule has 0 bridgehead atoms. The second-order valence-electron chi connectivity index (χ2n) is 8.66. The second-order valence-corrected chi connectivity index (χ2v) is 8.66.